The highest BCUT2D eigenvalue weighted by atomic mass is 31.2. The molecule has 0 radical (unpaired) electrons. The molecular formula is C21H25N8O11P. The number of aromatic amines is 1. The van der Waals surface area contributed by atoms with Gasteiger partial charge in [0.15, 0.2) is 23.6 Å². The van der Waals surface area contributed by atoms with Crippen molar-refractivity contribution in [2.75, 3.05) is 18.9 Å². The molecule has 4 aromatic rings. The van der Waals surface area contributed by atoms with Crippen LogP contribution in [-0.4, -0.2) is 109 Å². The van der Waals surface area contributed by atoms with Gasteiger partial charge in [-0.2, -0.15) is 0 Å². The number of nitrogens with one attached hydrogen (secondary N) is 1. The topological polar surface area (TPSA) is 275 Å². The molecule has 220 valence electrons. The summed E-state index contributed by atoms with van der Waals surface area (Å²) in [5.74, 6) is 0.200. The van der Waals surface area contributed by atoms with E-state index in [1.54, 1.807) is 6.07 Å². The number of anilines is 1. The van der Waals surface area contributed by atoms with Crippen molar-refractivity contribution in [3.63, 3.8) is 0 Å². The number of hydrogen-bond donors (Lipinski definition) is 7. The van der Waals surface area contributed by atoms with Gasteiger partial charge in [0.1, 0.15) is 54.4 Å². The number of nitrogens with zero attached hydrogens (tertiary/aromatic N) is 6. The van der Waals surface area contributed by atoms with Gasteiger partial charge < -0.3 is 50.1 Å². The predicted molar refractivity (Wildman–Crippen MR) is 134 cm³/mol. The molecule has 2 fully saturated rings. The van der Waals surface area contributed by atoms with Crippen LogP contribution in [0.1, 0.15) is 12.5 Å². The second kappa shape index (κ2) is 10.5. The molecule has 0 aromatic carbocycles. The van der Waals surface area contributed by atoms with Crippen molar-refractivity contribution in [3.8, 4) is 0 Å². The molecule has 2 aliphatic heterocycles. The number of phosphoric acid groups is 1. The van der Waals surface area contributed by atoms with Crippen LogP contribution in [0.5, 0.6) is 0 Å². The van der Waals surface area contributed by atoms with Crippen LogP contribution in [0, 0.1) is 0 Å². The lowest BCUT2D eigenvalue weighted by Gasteiger charge is -2.24. The minimum Gasteiger partial charge on any atom is -0.394 e. The third-order valence-electron chi connectivity index (χ3n) is 6.94. The number of H-pyrrole nitrogens is 1. The van der Waals surface area contributed by atoms with Gasteiger partial charge in [-0.15, -0.1) is 0 Å². The van der Waals surface area contributed by atoms with Crippen LogP contribution < -0.4 is 11.3 Å². The zero-order valence-electron chi connectivity index (χ0n) is 20.8. The van der Waals surface area contributed by atoms with E-state index in [0.717, 1.165) is 12.7 Å². The quantitative estimate of drug-likeness (QED) is 0.104. The number of rotatable bonds is 8. The summed E-state index contributed by atoms with van der Waals surface area (Å²) in [5, 5.41) is 42.0. The SMILES string of the molecule is Nc1ncnc2c1ccn2[C@@H]1O[C@H](COP(=O)(O)O[C@@H]2[C@H](O)[C@@H](CO)O[C@H]2n2cnc3c(=O)[nH]cnc32)[C@@H](O)[C@H]1O. The summed E-state index contributed by atoms with van der Waals surface area (Å²) in [4.78, 5) is 40.9. The molecule has 41 heavy (non-hydrogen) atoms. The summed E-state index contributed by atoms with van der Waals surface area (Å²) < 4.78 is 37.3. The Morgan fingerprint density at radius 1 is 1.02 bits per heavy atom. The Morgan fingerprint density at radius 3 is 2.59 bits per heavy atom. The van der Waals surface area contributed by atoms with Crippen molar-refractivity contribution in [3.05, 3.63) is 41.6 Å². The molecule has 0 bridgehead atoms. The fourth-order valence-corrected chi connectivity index (χ4v) is 5.83. The average Bonchev–Trinajstić information content (AvgIpc) is 3.70. The van der Waals surface area contributed by atoms with Crippen molar-refractivity contribution >= 4 is 35.8 Å². The molecule has 9 atom stereocenters. The van der Waals surface area contributed by atoms with E-state index in [1.165, 1.54) is 21.7 Å². The maximum atomic E-state index is 13.0. The molecule has 0 spiro atoms. The van der Waals surface area contributed by atoms with E-state index in [-0.39, 0.29) is 17.0 Å². The first-order valence-electron chi connectivity index (χ1n) is 12.2. The van der Waals surface area contributed by atoms with Crippen LogP contribution >= 0.6 is 7.82 Å². The van der Waals surface area contributed by atoms with Crippen molar-refractivity contribution in [1.82, 2.24) is 34.1 Å². The van der Waals surface area contributed by atoms with Gasteiger partial charge in [-0.3, -0.25) is 18.4 Å². The van der Waals surface area contributed by atoms with Gasteiger partial charge in [-0.1, -0.05) is 0 Å². The van der Waals surface area contributed by atoms with Crippen molar-refractivity contribution in [2.45, 2.75) is 49.1 Å². The van der Waals surface area contributed by atoms with Gasteiger partial charge in [0, 0.05) is 6.20 Å². The summed E-state index contributed by atoms with van der Waals surface area (Å²) in [6, 6.07) is 1.60. The normalized spacial score (nSPS) is 31.7. The maximum absolute atomic E-state index is 13.0. The molecule has 2 saturated heterocycles. The summed E-state index contributed by atoms with van der Waals surface area (Å²) in [5.41, 5.74) is 5.58. The third-order valence-corrected chi connectivity index (χ3v) is 7.93. The maximum Gasteiger partial charge on any atom is 0.472 e. The molecule has 6 rings (SSSR count). The van der Waals surface area contributed by atoms with Crippen LogP contribution in [0.3, 0.4) is 0 Å². The Labute approximate surface area is 228 Å². The van der Waals surface area contributed by atoms with E-state index in [1.807, 2.05) is 0 Å². The van der Waals surface area contributed by atoms with Gasteiger partial charge in [-0.05, 0) is 6.07 Å². The zero-order valence-corrected chi connectivity index (χ0v) is 21.7. The number of imidazole rings is 1. The number of ether oxygens (including phenoxy) is 2. The number of hydrogen-bond acceptors (Lipinski definition) is 15. The molecule has 0 aliphatic carbocycles. The lowest BCUT2D eigenvalue weighted by molar-refractivity contribution is -0.0614. The standard InChI is InChI=1S/C21H25N8O11P/c22-16-8-1-2-28(17(8)24-5-23-16)20-14(33)12(31)10(39-20)4-37-41(35,36)40-15-13(32)9(3-30)38-21(15)29-7-27-11-18(29)25-6-26-19(11)34/h1-2,5-7,9-10,12-15,20-21,30-33H,3-4H2,(H,35,36)(H2,22,23,24)(H,25,26,34)/t9-,10-,12-,13-,14-,15-,20-,21-/m1/s1. The number of aliphatic hydroxyl groups is 4. The lowest BCUT2D eigenvalue weighted by atomic mass is 10.1. The first-order valence-corrected chi connectivity index (χ1v) is 13.7. The average molecular weight is 596 g/mol. The smallest absolute Gasteiger partial charge is 0.394 e. The van der Waals surface area contributed by atoms with E-state index in [0.29, 0.717) is 11.0 Å². The molecule has 20 heteroatoms. The van der Waals surface area contributed by atoms with Gasteiger partial charge in [0.2, 0.25) is 0 Å². The van der Waals surface area contributed by atoms with Gasteiger partial charge in [-0.25, -0.2) is 24.5 Å². The number of phosphoric ester groups is 1. The molecule has 0 saturated carbocycles. The fourth-order valence-electron chi connectivity index (χ4n) is 4.90. The monoisotopic (exact) mass is 596 g/mol. The Hall–Kier alpha value is -3.36. The fraction of sp³-hybridized carbons (Fsp3) is 0.476. The predicted octanol–water partition coefficient (Wildman–Crippen LogP) is -2.48. The van der Waals surface area contributed by atoms with Crippen LogP contribution in [0.4, 0.5) is 5.82 Å². The number of aliphatic hydroxyl groups excluding tert-OH is 4. The van der Waals surface area contributed by atoms with Crippen LogP contribution in [0.2, 0.25) is 0 Å². The Balaban J connectivity index is 1.18. The van der Waals surface area contributed by atoms with E-state index >= 15 is 0 Å². The van der Waals surface area contributed by atoms with E-state index in [2.05, 4.69) is 24.9 Å². The van der Waals surface area contributed by atoms with E-state index in [9.17, 15) is 34.7 Å². The molecular weight excluding hydrogens is 571 g/mol. The molecule has 8 N–H and O–H groups in total. The Kier molecular flexibility index (Phi) is 7.10. The molecule has 0 amide bonds. The van der Waals surface area contributed by atoms with Crippen molar-refractivity contribution in [1.29, 1.82) is 0 Å². The Morgan fingerprint density at radius 2 is 1.80 bits per heavy atom. The summed E-state index contributed by atoms with van der Waals surface area (Å²) in [6.45, 7) is -1.37. The first-order chi connectivity index (χ1) is 19.6. The summed E-state index contributed by atoms with van der Waals surface area (Å²) in [7, 11) is -5.01. The van der Waals surface area contributed by atoms with Gasteiger partial charge in [0.05, 0.1) is 31.3 Å². The molecule has 19 nitrogen and oxygen atoms in total. The van der Waals surface area contributed by atoms with E-state index < -0.39 is 75.7 Å². The minimum atomic E-state index is -5.01. The molecule has 2 aliphatic rings. The van der Waals surface area contributed by atoms with Crippen LogP contribution in [0.15, 0.2) is 36.0 Å². The highest BCUT2D eigenvalue weighted by Gasteiger charge is 2.50. The highest BCUT2D eigenvalue weighted by Crippen LogP contribution is 2.50. The molecule has 4 aromatic heterocycles. The minimum absolute atomic E-state index is 0.0268. The van der Waals surface area contributed by atoms with Gasteiger partial charge >= 0.3 is 7.82 Å². The van der Waals surface area contributed by atoms with Crippen molar-refractivity contribution in [2.24, 2.45) is 0 Å². The van der Waals surface area contributed by atoms with Gasteiger partial charge in [0.25, 0.3) is 5.56 Å². The molecule has 6 heterocycles. The summed E-state index contributed by atoms with van der Waals surface area (Å²) in [6.07, 6.45) is -6.18. The number of nitrogens with two attached hydrogens (primary N) is 1. The second-order valence-electron chi connectivity index (χ2n) is 9.39. The summed E-state index contributed by atoms with van der Waals surface area (Å²) >= 11 is 0. The Bertz CT molecular complexity index is 1680. The number of aromatic nitrogens is 7. The zero-order chi connectivity index (χ0) is 29.1. The van der Waals surface area contributed by atoms with E-state index in [4.69, 9.17) is 24.3 Å². The largest absolute Gasteiger partial charge is 0.472 e. The van der Waals surface area contributed by atoms with Crippen LogP contribution in [-0.2, 0) is 23.1 Å². The molecule has 1 unspecified atom stereocenters. The third kappa shape index (κ3) is 4.81. The second-order valence-corrected chi connectivity index (χ2v) is 10.8. The lowest BCUT2D eigenvalue weighted by Crippen LogP contribution is -2.36. The first kappa shape index (κ1) is 27.8. The highest BCUT2D eigenvalue weighted by molar-refractivity contribution is 7.47. The number of nitrogen functional groups attached to an aromatic ring is 1. The van der Waals surface area contributed by atoms with Crippen LogP contribution in [0.25, 0.3) is 22.2 Å². The van der Waals surface area contributed by atoms with Crippen molar-refractivity contribution < 1.29 is 48.4 Å². The number of fused-ring (bicyclic) bond motifs is 2.